The van der Waals surface area contributed by atoms with Crippen LogP contribution >= 0.6 is 12.4 Å². The maximum Gasteiger partial charge on any atom is 0.573 e. The summed E-state index contributed by atoms with van der Waals surface area (Å²) >= 11 is 0. The van der Waals surface area contributed by atoms with Gasteiger partial charge in [0.05, 0.1) is 0 Å². The number of hydrogen-bond acceptors (Lipinski definition) is 4. The van der Waals surface area contributed by atoms with Crippen molar-refractivity contribution in [2.24, 2.45) is 0 Å². The maximum absolute atomic E-state index is 12.4. The number of alkyl halides is 3. The molecule has 0 atom stereocenters. The number of H-pyrrole nitrogens is 1. The van der Waals surface area contributed by atoms with Gasteiger partial charge in [0.25, 0.3) is 5.91 Å². The van der Waals surface area contributed by atoms with Crippen LogP contribution in [-0.2, 0) is 19.4 Å². The van der Waals surface area contributed by atoms with E-state index >= 15 is 0 Å². The van der Waals surface area contributed by atoms with E-state index < -0.39 is 6.36 Å². The highest BCUT2D eigenvalue weighted by atomic mass is 35.5. The van der Waals surface area contributed by atoms with Gasteiger partial charge in [0, 0.05) is 37.3 Å². The topological polar surface area (TPSA) is 79.0 Å². The first-order valence-electron chi connectivity index (χ1n) is 7.83. The summed E-state index contributed by atoms with van der Waals surface area (Å²) in [7, 11) is 0. The predicted molar refractivity (Wildman–Crippen MR) is 90.4 cm³/mol. The summed E-state index contributed by atoms with van der Waals surface area (Å²) in [6.45, 7) is 1.56. The number of carbonyl (C=O) groups is 1. The fraction of sp³-hybridized carbons (Fsp3) is 0.375. The van der Waals surface area contributed by atoms with Crippen molar-refractivity contribution in [3.63, 3.8) is 0 Å². The second kappa shape index (κ2) is 8.41. The summed E-state index contributed by atoms with van der Waals surface area (Å²) in [5, 5.41) is 12.8. The van der Waals surface area contributed by atoms with Crippen molar-refractivity contribution in [2.75, 3.05) is 13.1 Å². The normalized spacial score (nSPS) is 13.5. The molecule has 0 unspecified atom stereocenters. The maximum atomic E-state index is 12.4. The van der Waals surface area contributed by atoms with E-state index in [0.717, 1.165) is 24.2 Å². The van der Waals surface area contributed by atoms with E-state index in [-0.39, 0.29) is 37.0 Å². The Balaban J connectivity index is 0.00000243. The van der Waals surface area contributed by atoms with Gasteiger partial charge in [-0.1, -0.05) is 18.2 Å². The minimum atomic E-state index is -4.75. The van der Waals surface area contributed by atoms with Crippen molar-refractivity contribution in [3.05, 3.63) is 46.8 Å². The molecule has 10 heteroatoms. The number of carbonyl (C=O) groups excluding carboxylic acids is 1. The van der Waals surface area contributed by atoms with Crippen molar-refractivity contribution in [1.82, 2.24) is 20.8 Å². The lowest BCUT2D eigenvalue weighted by atomic mass is 10.1. The van der Waals surface area contributed by atoms with Crippen LogP contribution in [0.5, 0.6) is 5.75 Å². The van der Waals surface area contributed by atoms with Gasteiger partial charge in [-0.2, -0.15) is 5.10 Å². The number of rotatable bonds is 5. The van der Waals surface area contributed by atoms with Crippen molar-refractivity contribution in [1.29, 1.82) is 0 Å². The van der Waals surface area contributed by atoms with Gasteiger partial charge in [-0.15, -0.1) is 25.6 Å². The minimum Gasteiger partial charge on any atom is -0.406 e. The Morgan fingerprint density at radius 1 is 1.31 bits per heavy atom. The van der Waals surface area contributed by atoms with Crippen LogP contribution in [0.4, 0.5) is 13.2 Å². The standard InChI is InChI=1S/C16H17F3N4O2.ClH/c17-16(18,19)25-13-4-2-1-3-10(13)5-8-21-15(24)14-11-9-20-7-6-12(11)22-23-14;/h1-4,20H,5-9H2,(H,21,24)(H,22,23);1H. The Bertz CT molecular complexity index is 764. The zero-order valence-corrected chi connectivity index (χ0v) is 14.5. The summed E-state index contributed by atoms with van der Waals surface area (Å²) in [6.07, 6.45) is -3.76. The number of benzene rings is 1. The number of fused-ring (bicyclic) bond motifs is 1. The molecule has 26 heavy (non-hydrogen) atoms. The molecule has 1 aliphatic rings. The van der Waals surface area contributed by atoms with E-state index in [9.17, 15) is 18.0 Å². The molecule has 6 nitrogen and oxygen atoms in total. The molecular weight excluding hydrogens is 373 g/mol. The Morgan fingerprint density at radius 2 is 2.08 bits per heavy atom. The quantitative estimate of drug-likeness (QED) is 0.732. The third-order valence-corrected chi connectivity index (χ3v) is 3.90. The first-order valence-corrected chi connectivity index (χ1v) is 7.83. The largest absolute Gasteiger partial charge is 0.573 e. The molecule has 142 valence electrons. The Morgan fingerprint density at radius 3 is 2.85 bits per heavy atom. The molecule has 0 spiro atoms. The molecule has 2 aromatic rings. The zero-order chi connectivity index (χ0) is 17.9. The van der Waals surface area contributed by atoms with E-state index in [2.05, 4.69) is 25.6 Å². The van der Waals surface area contributed by atoms with Gasteiger partial charge < -0.3 is 15.4 Å². The number of nitrogens with zero attached hydrogens (tertiary/aromatic N) is 1. The van der Waals surface area contributed by atoms with Crippen LogP contribution < -0.4 is 15.4 Å². The molecular formula is C16H18ClF3N4O2. The van der Waals surface area contributed by atoms with Crippen LogP contribution in [0.3, 0.4) is 0 Å². The molecule has 0 saturated carbocycles. The van der Waals surface area contributed by atoms with Crippen LogP contribution in [0.1, 0.15) is 27.3 Å². The first kappa shape index (κ1) is 20.1. The van der Waals surface area contributed by atoms with Crippen molar-refractivity contribution < 1.29 is 22.7 Å². The molecule has 1 aromatic carbocycles. The van der Waals surface area contributed by atoms with Crippen molar-refractivity contribution in [3.8, 4) is 5.75 Å². The minimum absolute atomic E-state index is 0. The monoisotopic (exact) mass is 390 g/mol. The summed E-state index contributed by atoms with van der Waals surface area (Å²) in [4.78, 5) is 12.2. The van der Waals surface area contributed by atoms with Crippen LogP contribution in [0.25, 0.3) is 0 Å². The molecule has 0 aliphatic carbocycles. The summed E-state index contributed by atoms with van der Waals surface area (Å²) in [6, 6.07) is 5.87. The first-order chi connectivity index (χ1) is 11.9. The Kier molecular flexibility index (Phi) is 6.49. The zero-order valence-electron chi connectivity index (χ0n) is 13.7. The average Bonchev–Trinajstić information content (AvgIpc) is 2.99. The third kappa shape index (κ3) is 4.89. The van der Waals surface area contributed by atoms with Gasteiger partial charge in [0.2, 0.25) is 0 Å². The van der Waals surface area contributed by atoms with Gasteiger partial charge >= 0.3 is 6.36 Å². The Labute approximate surface area is 153 Å². The van der Waals surface area contributed by atoms with Gasteiger partial charge in [-0.3, -0.25) is 9.89 Å². The molecule has 3 rings (SSSR count). The van der Waals surface area contributed by atoms with Crippen LogP contribution in [0.15, 0.2) is 24.3 Å². The van der Waals surface area contributed by atoms with Gasteiger partial charge in [0.15, 0.2) is 5.69 Å². The molecule has 2 heterocycles. The smallest absolute Gasteiger partial charge is 0.406 e. The molecule has 0 fully saturated rings. The second-order valence-electron chi connectivity index (χ2n) is 5.62. The fourth-order valence-corrected chi connectivity index (χ4v) is 2.74. The van der Waals surface area contributed by atoms with Crippen LogP contribution in [-0.4, -0.2) is 35.6 Å². The highest BCUT2D eigenvalue weighted by Crippen LogP contribution is 2.26. The lowest BCUT2D eigenvalue weighted by Crippen LogP contribution is -2.29. The van der Waals surface area contributed by atoms with Crippen LogP contribution in [0.2, 0.25) is 0 Å². The van der Waals surface area contributed by atoms with Crippen molar-refractivity contribution >= 4 is 18.3 Å². The number of hydrogen-bond donors (Lipinski definition) is 3. The van der Waals surface area contributed by atoms with E-state index in [1.165, 1.54) is 18.2 Å². The van der Waals surface area contributed by atoms with E-state index in [4.69, 9.17) is 0 Å². The summed E-state index contributed by atoms with van der Waals surface area (Å²) in [5.41, 5.74) is 2.46. The van der Waals surface area contributed by atoms with Gasteiger partial charge in [0.1, 0.15) is 5.75 Å². The summed E-state index contributed by atoms with van der Waals surface area (Å²) < 4.78 is 41.2. The highest BCUT2D eigenvalue weighted by Gasteiger charge is 2.32. The molecule has 1 amide bonds. The molecule has 3 N–H and O–H groups in total. The molecule has 0 bridgehead atoms. The Hall–Kier alpha value is -2.26. The lowest BCUT2D eigenvalue weighted by molar-refractivity contribution is -0.274. The van der Waals surface area contributed by atoms with E-state index in [1.54, 1.807) is 6.07 Å². The number of aromatic nitrogens is 2. The number of nitrogens with one attached hydrogen (secondary N) is 3. The SMILES string of the molecule is Cl.O=C(NCCc1ccccc1OC(F)(F)F)c1n[nH]c2c1CNCC2. The number of halogens is 4. The number of ether oxygens (including phenoxy) is 1. The third-order valence-electron chi connectivity index (χ3n) is 3.90. The fourth-order valence-electron chi connectivity index (χ4n) is 2.74. The second-order valence-corrected chi connectivity index (χ2v) is 5.62. The molecule has 0 radical (unpaired) electrons. The lowest BCUT2D eigenvalue weighted by Gasteiger charge is -2.14. The van der Waals surface area contributed by atoms with Gasteiger partial charge in [-0.05, 0) is 18.1 Å². The highest BCUT2D eigenvalue weighted by molar-refractivity contribution is 5.94. The molecule has 1 aromatic heterocycles. The average molecular weight is 391 g/mol. The number of para-hydroxylation sites is 1. The van der Waals surface area contributed by atoms with E-state index in [1.807, 2.05) is 0 Å². The van der Waals surface area contributed by atoms with E-state index in [0.29, 0.717) is 17.8 Å². The van der Waals surface area contributed by atoms with Crippen LogP contribution in [0, 0.1) is 0 Å². The summed E-state index contributed by atoms with van der Waals surface area (Å²) in [5.74, 6) is -0.610. The number of amides is 1. The molecule has 1 aliphatic heterocycles. The predicted octanol–water partition coefficient (Wildman–Crippen LogP) is 2.35. The molecule has 0 saturated heterocycles. The van der Waals surface area contributed by atoms with Gasteiger partial charge in [-0.25, -0.2) is 0 Å². The van der Waals surface area contributed by atoms with Crippen molar-refractivity contribution in [2.45, 2.75) is 25.7 Å². The number of aromatic amines is 1.